The number of H-pyrrole nitrogens is 3. The van der Waals surface area contributed by atoms with Gasteiger partial charge < -0.3 is 108 Å². The number of nitrogens with zero attached hydrogens (tertiary/aromatic N) is 6. The van der Waals surface area contributed by atoms with E-state index in [1.807, 2.05) is 33.8 Å². The minimum absolute atomic E-state index is 0.0423. The molecule has 3 aromatic heterocycles. The van der Waals surface area contributed by atoms with Crippen molar-refractivity contribution in [1.29, 1.82) is 0 Å². The van der Waals surface area contributed by atoms with Crippen LogP contribution in [0.4, 0.5) is 0 Å². The molecule has 0 saturated carbocycles. The number of carbonyl (C=O) groups excluding carboxylic acids is 17. The Kier molecular flexibility index (Phi) is 40.9. The number of phenols is 1. The van der Waals surface area contributed by atoms with E-state index in [9.17, 15) is 39.3 Å². The summed E-state index contributed by atoms with van der Waals surface area (Å²) in [6.07, 6.45) is 0.789. The summed E-state index contributed by atoms with van der Waals surface area (Å²) in [5, 5.41) is 52.8. The quantitative estimate of drug-likeness (QED) is 0.0313. The highest BCUT2D eigenvalue weighted by molar-refractivity contribution is 7.99. The number of hydrogen-bond donors (Lipinski definition) is 15. The van der Waals surface area contributed by atoms with Crippen LogP contribution in [0.5, 0.6) is 5.75 Å². The van der Waals surface area contributed by atoms with Crippen LogP contribution in [0.15, 0.2) is 128 Å². The normalized spacial score (nSPS) is 24.4. The number of nitrogens with two attached hydrogens (primary N) is 2. The number of phenolic OH excluding ortho intramolecular Hbond substituents is 1. The highest BCUT2D eigenvalue weighted by atomic mass is 32.2. The number of thioether (sulfide) groups is 1. The van der Waals surface area contributed by atoms with E-state index in [-0.39, 0.29) is 126 Å². The number of hydrogen-bond acceptors (Lipinski definition) is 23. The number of rotatable bonds is 29. The molecular formula is C101H134N18O21S. The molecule has 0 radical (unpaired) electrons. The fourth-order valence-electron chi connectivity index (χ4n) is 18.4. The maximum absolute atomic E-state index is 15.9. The molecule has 141 heavy (non-hydrogen) atoms. The molecule has 15 atom stereocenters. The summed E-state index contributed by atoms with van der Waals surface area (Å²) in [6.45, 7) is 8.87. The first-order valence-electron chi connectivity index (χ1n) is 48.3. The summed E-state index contributed by atoms with van der Waals surface area (Å²) >= 11 is 0.934. The average molecular weight is 1970 g/mol. The summed E-state index contributed by atoms with van der Waals surface area (Å²) in [5.74, 6) is -19.1. The van der Waals surface area contributed by atoms with Crippen molar-refractivity contribution in [3.63, 3.8) is 0 Å². The lowest BCUT2D eigenvalue weighted by Crippen LogP contribution is -2.61. The number of para-hydroxylation sites is 2. The number of carboxylic acids is 1. The zero-order chi connectivity index (χ0) is 102. The second-order valence-electron chi connectivity index (χ2n) is 37.4. The Morgan fingerprint density at radius 2 is 1.12 bits per heavy atom. The molecule has 13 amide bonds. The van der Waals surface area contributed by atoms with Gasteiger partial charge in [-0.3, -0.25) is 81.5 Å². The highest BCUT2D eigenvalue weighted by Gasteiger charge is 2.47. The first-order valence-corrected chi connectivity index (χ1v) is 49.5. The minimum Gasteiger partial charge on any atom is -0.508 e. The van der Waals surface area contributed by atoms with Gasteiger partial charge in [0, 0.05) is 162 Å². The SMILES string of the molecule is CCCC[C@H]1C(=O)N(C)[C@@H](CCCC)C(=O)N[C@@H](CC(C)C)C(=O)C[C@H](C(=O)CCC(C)=O)CSCC(=O)N[C@@H](Cc2ccc(O)cc2)C(=O)N(Cc2ccccc2)[C@@H](C)C(=O)C[C@@H](CC(N)=O)C(=O)N2CCC[C@H]2C(=O)N[C@@H](Cc2cnc[nH]2)C(=O)N[C@@H](CCC(=O)O)C(=O)N2C[C@H](O)C[C@H]2C(=O)N[C@@H](Cc2c[nH]c3ccccc23)C(=O)N[C@@H](CCN)C(=O)N[C@@H](Cc2c[nH]c3ccccc23)C(=O)N1C. The molecule has 40 heteroatoms. The maximum atomic E-state index is 15.9. The minimum atomic E-state index is -1.83. The molecule has 0 bridgehead atoms. The van der Waals surface area contributed by atoms with E-state index in [2.05, 4.69) is 57.2 Å². The number of benzene rings is 4. The molecule has 0 spiro atoms. The molecule has 3 saturated heterocycles. The van der Waals surface area contributed by atoms with Crippen LogP contribution in [-0.4, -0.2) is 289 Å². The molecule has 7 aromatic rings. The zero-order valence-corrected chi connectivity index (χ0v) is 81.9. The molecule has 0 unspecified atom stereocenters. The fourth-order valence-corrected chi connectivity index (χ4v) is 19.4. The number of carboxylic acid groups (broad SMARTS) is 1. The van der Waals surface area contributed by atoms with Gasteiger partial charge in [-0.25, -0.2) is 4.98 Å². The molecule has 6 heterocycles. The van der Waals surface area contributed by atoms with Gasteiger partial charge in [0.15, 0.2) is 11.6 Å². The van der Waals surface area contributed by atoms with E-state index in [0.29, 0.717) is 69.7 Å². The Bertz CT molecular complexity index is 5580. The number of carbonyl (C=O) groups is 18. The van der Waals surface area contributed by atoms with Gasteiger partial charge in [0.2, 0.25) is 76.8 Å². The Labute approximate surface area is 822 Å². The predicted molar refractivity (Wildman–Crippen MR) is 523 cm³/mol. The summed E-state index contributed by atoms with van der Waals surface area (Å²) in [5.41, 5.74) is 15.7. The number of ketones is 4. The van der Waals surface area contributed by atoms with Crippen molar-refractivity contribution >= 4 is 139 Å². The number of aromatic nitrogens is 4. The second-order valence-corrected chi connectivity index (χ2v) is 38.5. The standard InChI is InChI=1S/C101H134N18O21S/c1-9-11-27-81-94(133)111-76(41-58(3)4)87(125)46-66(85(123)36-30-59(5)120)55-141-56-89(127)108-79(42-61-31-33-68(121)34-32-61)100(139)118(53-62-21-14-13-15-22-62)60(6)86(124)45-63(47-88(103)126)97(136)117-40-20-29-82(117)95(134)113-78(48-67-52-104-57-107-67)93(132)110-75(35-37-90(128)129)99(138)119-54-69(122)49-84(119)96(135)112-77(43-64-50-105-72-25-18-16-23-70(64)72)92(131)109-74(38-39-102)91(130)114-80(44-65-51-106-73-26-19-17-24-71(65)73)98(137)116(8)83(28-12-10-2)101(140)115(81)7/h13-19,21-26,31-34,50-52,57-58,60,63,66,69,74-84,105-106,121-122H,9-12,20,27-30,35-49,53-56,102H2,1-8H3,(H2,103,126)(H,104,107)(H,108,127)(H,109,131)(H,110,132)(H,111,133)(H,112,135)(H,113,134)(H,114,130)(H,128,129)/t60-,63-,66-,69+,74-,75-,76-,77-,78-,79-,80-,81-,82-,83-,84-/m0/s1. The van der Waals surface area contributed by atoms with Crippen LogP contribution in [0.2, 0.25) is 0 Å². The number of aromatic amines is 3. The van der Waals surface area contributed by atoms with E-state index >= 15 is 62.3 Å². The smallest absolute Gasteiger partial charge is 0.303 e. The van der Waals surface area contributed by atoms with Crippen molar-refractivity contribution in [3.05, 3.63) is 156 Å². The van der Waals surface area contributed by atoms with E-state index in [0.717, 1.165) is 21.6 Å². The van der Waals surface area contributed by atoms with Crippen molar-refractivity contribution in [2.45, 2.75) is 268 Å². The molecular weight excluding hydrogens is 1830 g/mol. The number of fused-ring (bicyclic) bond motifs is 4. The van der Waals surface area contributed by atoms with Crippen LogP contribution in [0.3, 0.4) is 0 Å². The molecule has 0 aliphatic carbocycles. The number of aliphatic carboxylic acids is 1. The third-order valence-corrected chi connectivity index (χ3v) is 27.4. The summed E-state index contributed by atoms with van der Waals surface area (Å²) in [4.78, 5) is 287. The molecule has 10 rings (SSSR count). The van der Waals surface area contributed by atoms with Crippen LogP contribution in [0.25, 0.3) is 21.8 Å². The van der Waals surface area contributed by atoms with Gasteiger partial charge >= 0.3 is 5.97 Å². The molecule has 4 aromatic carbocycles. The van der Waals surface area contributed by atoms with Gasteiger partial charge in [-0.1, -0.05) is 132 Å². The van der Waals surface area contributed by atoms with Gasteiger partial charge in [-0.2, -0.15) is 11.8 Å². The number of primary amides is 1. The zero-order valence-electron chi connectivity index (χ0n) is 81.1. The van der Waals surface area contributed by atoms with Crippen LogP contribution < -0.4 is 48.7 Å². The maximum Gasteiger partial charge on any atom is 0.303 e. The summed E-state index contributed by atoms with van der Waals surface area (Å²) in [6, 6.07) is 10.3. The first-order chi connectivity index (χ1) is 67.3. The third kappa shape index (κ3) is 30.8. The number of nitrogens with one attached hydrogen (secondary N) is 10. The number of likely N-dealkylation sites (N-methyl/N-ethyl adjacent to an activating group) is 2. The molecule has 760 valence electrons. The Morgan fingerprint density at radius 1 is 0.553 bits per heavy atom. The average Bonchev–Trinajstić information content (AvgIpc) is 1.80. The number of Topliss-reactive ketones (excluding diaryl/α,β-unsaturated/α-hetero) is 4. The fraction of sp³-hybridized carbons (Fsp3) is 0.515. The Balaban J connectivity index is 1.04. The lowest BCUT2D eigenvalue weighted by molar-refractivity contribution is -0.149. The lowest BCUT2D eigenvalue weighted by atomic mass is 9.90. The number of aromatic hydroxyl groups is 1. The van der Waals surface area contributed by atoms with Crippen molar-refractivity contribution in [2.24, 2.45) is 29.2 Å². The largest absolute Gasteiger partial charge is 0.508 e. The predicted octanol–water partition coefficient (Wildman–Crippen LogP) is 4.12. The Hall–Kier alpha value is -13.5. The summed E-state index contributed by atoms with van der Waals surface area (Å²) < 4.78 is 0. The van der Waals surface area contributed by atoms with E-state index in [4.69, 9.17) is 11.5 Å². The second kappa shape index (κ2) is 52.7. The number of amides is 13. The monoisotopic (exact) mass is 1970 g/mol. The van der Waals surface area contributed by atoms with Crippen LogP contribution in [0, 0.1) is 17.8 Å². The van der Waals surface area contributed by atoms with Gasteiger partial charge in [-0.15, -0.1) is 0 Å². The number of aliphatic hydroxyl groups is 1. The van der Waals surface area contributed by atoms with E-state index in [1.165, 1.54) is 79.4 Å². The van der Waals surface area contributed by atoms with E-state index in [1.54, 1.807) is 85.2 Å². The van der Waals surface area contributed by atoms with Crippen LogP contribution in [-0.2, 0) is 119 Å². The van der Waals surface area contributed by atoms with Gasteiger partial charge in [0.25, 0.3) is 0 Å². The van der Waals surface area contributed by atoms with Gasteiger partial charge in [0.05, 0.1) is 36.2 Å². The summed E-state index contributed by atoms with van der Waals surface area (Å²) in [7, 11) is 2.82. The molecule has 17 N–H and O–H groups in total. The molecule has 3 aliphatic rings. The Morgan fingerprint density at radius 3 is 1.72 bits per heavy atom. The number of unbranched alkanes of at least 4 members (excludes halogenated alkanes) is 2. The number of imidazole rings is 1. The molecule has 3 aliphatic heterocycles. The van der Waals surface area contributed by atoms with Crippen molar-refractivity contribution in [2.75, 3.05) is 45.2 Å². The van der Waals surface area contributed by atoms with Crippen molar-refractivity contribution < 1.29 is 102 Å². The highest BCUT2D eigenvalue weighted by Crippen LogP contribution is 2.31. The topological polar surface area (TPSA) is 581 Å². The van der Waals surface area contributed by atoms with E-state index < -0.39 is 241 Å². The van der Waals surface area contributed by atoms with Gasteiger partial charge in [0.1, 0.15) is 77.7 Å². The van der Waals surface area contributed by atoms with Crippen LogP contribution in [0.1, 0.15) is 185 Å². The van der Waals surface area contributed by atoms with Gasteiger partial charge in [-0.05, 0) is 118 Å². The third-order valence-electron chi connectivity index (χ3n) is 26.2. The molecule has 3 fully saturated rings. The lowest BCUT2D eigenvalue weighted by Gasteiger charge is -2.36. The van der Waals surface area contributed by atoms with Crippen LogP contribution >= 0.6 is 11.8 Å². The van der Waals surface area contributed by atoms with Crippen molar-refractivity contribution in [3.8, 4) is 5.75 Å². The molecule has 39 nitrogen and oxygen atoms in total. The van der Waals surface area contributed by atoms with Crippen molar-refractivity contribution in [1.82, 2.24) is 81.7 Å². The first kappa shape index (κ1) is 110. The number of aliphatic hydroxyl groups excluding tert-OH is 1.